The summed E-state index contributed by atoms with van der Waals surface area (Å²) in [5.74, 6) is -1.08. The third-order valence-corrected chi connectivity index (χ3v) is 5.66. The fourth-order valence-corrected chi connectivity index (χ4v) is 3.84. The molecule has 11 heteroatoms. The largest absolute Gasteiger partial charge is 0.319 e. The van der Waals surface area contributed by atoms with Crippen LogP contribution in [0.3, 0.4) is 0 Å². The van der Waals surface area contributed by atoms with E-state index in [1.54, 1.807) is 36.4 Å². The van der Waals surface area contributed by atoms with Gasteiger partial charge in [-0.25, -0.2) is 22.7 Å². The number of amides is 1. The number of hydrogen-bond acceptors (Lipinski definition) is 4. The third kappa shape index (κ3) is 4.47. The van der Waals surface area contributed by atoms with Gasteiger partial charge in [0.15, 0.2) is 5.65 Å². The highest BCUT2D eigenvalue weighted by Crippen LogP contribution is 2.27. The minimum Gasteiger partial charge on any atom is -0.319 e. The van der Waals surface area contributed by atoms with E-state index in [4.69, 9.17) is 11.6 Å². The lowest BCUT2D eigenvalue weighted by atomic mass is 10.1. The fraction of sp³-hybridized carbons (Fsp3) is 0.0833. The van der Waals surface area contributed by atoms with Crippen LogP contribution in [-0.4, -0.2) is 30.3 Å². The molecular weight excluding hydrogens is 481 g/mol. The summed E-state index contributed by atoms with van der Waals surface area (Å²) in [6, 6.07) is 14.4. The maximum atomic E-state index is 14.1. The van der Waals surface area contributed by atoms with Gasteiger partial charge in [0.05, 0.1) is 30.3 Å². The van der Waals surface area contributed by atoms with Crippen molar-refractivity contribution in [3.8, 4) is 11.3 Å². The summed E-state index contributed by atoms with van der Waals surface area (Å²) in [5, 5.41) is 11.0. The number of nitrogens with zero attached hydrogens (tertiary/aromatic N) is 5. The molecule has 0 fully saturated rings. The second kappa shape index (κ2) is 9.22. The highest BCUT2D eigenvalue weighted by Gasteiger charge is 2.22. The van der Waals surface area contributed by atoms with E-state index in [-0.39, 0.29) is 39.7 Å². The number of carbonyl (C=O) groups excluding carboxylic acids is 1. The summed E-state index contributed by atoms with van der Waals surface area (Å²) in [7, 11) is 0. The SMILES string of the molecule is O=C(Nc1cnn(Cc2c(F)cccc2Cl)c1)c1cnn2c(C(F)F)cc(-c3ccccc3)nc12. The van der Waals surface area contributed by atoms with Crippen molar-refractivity contribution in [2.75, 3.05) is 5.32 Å². The smallest absolute Gasteiger partial charge is 0.280 e. The molecule has 0 spiro atoms. The Bertz CT molecular complexity index is 1510. The van der Waals surface area contributed by atoms with Crippen molar-refractivity contribution >= 4 is 28.8 Å². The molecule has 1 N–H and O–H groups in total. The molecule has 0 radical (unpaired) electrons. The standard InChI is InChI=1S/C24H16ClF3N6O/c25-18-7-4-8-19(26)17(18)13-33-12-15(10-29-33)31-24(35)16-11-30-34-21(22(27)28)9-20(32-23(16)34)14-5-2-1-3-6-14/h1-12,22H,13H2,(H,31,35). The van der Waals surface area contributed by atoms with Gasteiger partial charge in [-0.2, -0.15) is 10.2 Å². The Morgan fingerprint density at radius 1 is 1.06 bits per heavy atom. The minimum atomic E-state index is -2.83. The van der Waals surface area contributed by atoms with Gasteiger partial charge in [-0.1, -0.05) is 48.0 Å². The van der Waals surface area contributed by atoms with Gasteiger partial charge in [-0.05, 0) is 18.2 Å². The van der Waals surface area contributed by atoms with Crippen molar-refractivity contribution in [3.63, 3.8) is 0 Å². The molecule has 1 amide bonds. The summed E-state index contributed by atoms with van der Waals surface area (Å²) in [6.07, 6.45) is 1.23. The molecule has 0 saturated carbocycles. The molecule has 5 aromatic rings. The zero-order valence-corrected chi connectivity index (χ0v) is 18.6. The Balaban J connectivity index is 1.44. The number of aromatic nitrogens is 5. The molecule has 2 aromatic carbocycles. The number of alkyl halides is 2. The van der Waals surface area contributed by atoms with Crippen LogP contribution in [0.25, 0.3) is 16.9 Å². The maximum Gasteiger partial charge on any atom is 0.280 e. The molecule has 0 aliphatic carbocycles. The summed E-state index contributed by atoms with van der Waals surface area (Å²) in [5.41, 5.74) is 1.10. The fourth-order valence-electron chi connectivity index (χ4n) is 3.62. The van der Waals surface area contributed by atoms with Gasteiger partial charge in [0.25, 0.3) is 12.3 Å². The van der Waals surface area contributed by atoms with Gasteiger partial charge in [-0.3, -0.25) is 9.48 Å². The van der Waals surface area contributed by atoms with Gasteiger partial charge in [-0.15, -0.1) is 0 Å². The first-order valence-corrected chi connectivity index (χ1v) is 10.8. The van der Waals surface area contributed by atoms with Crippen molar-refractivity contribution in [1.29, 1.82) is 0 Å². The predicted octanol–water partition coefficient (Wildman–Crippen LogP) is 5.62. The van der Waals surface area contributed by atoms with Crippen LogP contribution in [-0.2, 0) is 6.54 Å². The number of fused-ring (bicyclic) bond motifs is 1. The topological polar surface area (TPSA) is 77.1 Å². The highest BCUT2D eigenvalue weighted by atomic mass is 35.5. The quantitative estimate of drug-likeness (QED) is 0.331. The first-order valence-electron chi connectivity index (χ1n) is 10.4. The van der Waals surface area contributed by atoms with Crippen molar-refractivity contribution in [2.24, 2.45) is 0 Å². The molecule has 0 atom stereocenters. The minimum absolute atomic E-state index is 0.00887. The molecule has 7 nitrogen and oxygen atoms in total. The molecule has 0 aliphatic rings. The number of hydrogen-bond donors (Lipinski definition) is 1. The van der Waals surface area contributed by atoms with Crippen LogP contribution in [0.1, 0.15) is 28.0 Å². The molecule has 5 rings (SSSR count). The van der Waals surface area contributed by atoms with Crippen LogP contribution >= 0.6 is 11.6 Å². The average molecular weight is 497 g/mol. The van der Waals surface area contributed by atoms with Crippen LogP contribution in [0, 0.1) is 5.82 Å². The van der Waals surface area contributed by atoms with E-state index in [1.807, 2.05) is 0 Å². The number of rotatable bonds is 6. The normalized spacial score (nSPS) is 11.3. The molecular formula is C24H16ClF3N6O. The van der Waals surface area contributed by atoms with Crippen LogP contribution in [0.2, 0.25) is 5.02 Å². The van der Waals surface area contributed by atoms with Crippen molar-refractivity contribution < 1.29 is 18.0 Å². The van der Waals surface area contributed by atoms with Crippen LogP contribution in [0.5, 0.6) is 0 Å². The average Bonchev–Trinajstić information content (AvgIpc) is 3.48. The van der Waals surface area contributed by atoms with E-state index < -0.39 is 18.1 Å². The number of anilines is 1. The highest BCUT2D eigenvalue weighted by molar-refractivity contribution is 6.31. The molecule has 3 aromatic heterocycles. The predicted molar refractivity (Wildman–Crippen MR) is 124 cm³/mol. The molecule has 0 bridgehead atoms. The van der Waals surface area contributed by atoms with Gasteiger partial charge < -0.3 is 5.32 Å². The van der Waals surface area contributed by atoms with Gasteiger partial charge in [0, 0.05) is 22.3 Å². The van der Waals surface area contributed by atoms with E-state index in [0.717, 1.165) is 4.52 Å². The number of halogens is 4. The Hall–Kier alpha value is -4.18. The summed E-state index contributed by atoms with van der Waals surface area (Å²) >= 11 is 6.07. The number of benzene rings is 2. The van der Waals surface area contributed by atoms with E-state index in [0.29, 0.717) is 11.3 Å². The van der Waals surface area contributed by atoms with E-state index in [1.165, 1.54) is 41.5 Å². The Kier molecular flexibility index (Phi) is 5.96. The van der Waals surface area contributed by atoms with E-state index in [2.05, 4.69) is 20.5 Å². The van der Waals surface area contributed by atoms with Crippen molar-refractivity contribution in [1.82, 2.24) is 24.4 Å². The Morgan fingerprint density at radius 3 is 2.60 bits per heavy atom. The van der Waals surface area contributed by atoms with E-state index in [9.17, 15) is 18.0 Å². The maximum absolute atomic E-state index is 14.1. The Morgan fingerprint density at radius 2 is 1.86 bits per heavy atom. The zero-order chi connectivity index (χ0) is 24.5. The molecule has 0 aliphatic heterocycles. The third-order valence-electron chi connectivity index (χ3n) is 5.31. The number of nitrogens with one attached hydrogen (secondary N) is 1. The van der Waals surface area contributed by atoms with Gasteiger partial charge in [0.1, 0.15) is 17.1 Å². The number of carbonyl (C=O) groups is 1. The van der Waals surface area contributed by atoms with Crippen LogP contribution < -0.4 is 5.32 Å². The van der Waals surface area contributed by atoms with Crippen LogP contribution in [0.4, 0.5) is 18.9 Å². The Labute approximate surface area is 201 Å². The molecule has 35 heavy (non-hydrogen) atoms. The summed E-state index contributed by atoms with van der Waals surface area (Å²) in [4.78, 5) is 17.4. The lowest BCUT2D eigenvalue weighted by molar-refractivity contribution is 0.102. The summed E-state index contributed by atoms with van der Waals surface area (Å²) in [6.45, 7) is 0.0534. The molecule has 0 saturated heterocycles. The first kappa shape index (κ1) is 22.6. The summed E-state index contributed by atoms with van der Waals surface area (Å²) < 4.78 is 43.9. The van der Waals surface area contributed by atoms with Crippen molar-refractivity contribution in [2.45, 2.75) is 13.0 Å². The second-order valence-corrected chi connectivity index (χ2v) is 8.01. The molecule has 0 unspecified atom stereocenters. The first-order chi connectivity index (χ1) is 16.9. The monoisotopic (exact) mass is 496 g/mol. The van der Waals surface area contributed by atoms with Crippen molar-refractivity contribution in [3.05, 3.63) is 101 Å². The zero-order valence-electron chi connectivity index (χ0n) is 17.9. The molecule has 176 valence electrons. The lowest BCUT2D eigenvalue weighted by Gasteiger charge is -2.08. The second-order valence-electron chi connectivity index (χ2n) is 7.61. The van der Waals surface area contributed by atoms with E-state index >= 15 is 0 Å². The lowest BCUT2D eigenvalue weighted by Crippen LogP contribution is -2.12. The molecule has 3 heterocycles. The van der Waals surface area contributed by atoms with Gasteiger partial charge in [0.2, 0.25) is 0 Å². The van der Waals surface area contributed by atoms with Crippen LogP contribution in [0.15, 0.2) is 73.2 Å². The van der Waals surface area contributed by atoms with Gasteiger partial charge >= 0.3 is 0 Å².